The summed E-state index contributed by atoms with van der Waals surface area (Å²) in [6.07, 6.45) is 3.37. The van der Waals surface area contributed by atoms with Gasteiger partial charge in [0, 0.05) is 43.0 Å². The van der Waals surface area contributed by atoms with E-state index >= 15 is 0 Å². The molecule has 0 spiro atoms. The largest absolute Gasteiger partial charge is 0.491 e. The standard InChI is InChI=1S/C19H28FN3O2/c1-4-25-18-8-5-14(11-17(18)20)21-19(24)22-10-9-15-6-7-16(12-22)23(15)13(2)3/h5,8,11,13,15-16H,4,6-7,9-10,12H2,1-3H3,(H,21,24). The minimum atomic E-state index is -0.458. The van der Waals surface area contributed by atoms with E-state index in [0.29, 0.717) is 30.4 Å². The van der Waals surface area contributed by atoms with Crippen molar-refractivity contribution in [1.29, 1.82) is 0 Å². The fraction of sp³-hybridized carbons (Fsp3) is 0.632. The average Bonchev–Trinajstić information content (AvgIpc) is 2.84. The van der Waals surface area contributed by atoms with Crippen molar-refractivity contribution in [3.8, 4) is 5.75 Å². The van der Waals surface area contributed by atoms with Gasteiger partial charge in [-0.2, -0.15) is 0 Å². The maximum atomic E-state index is 14.0. The van der Waals surface area contributed by atoms with Gasteiger partial charge < -0.3 is 15.0 Å². The van der Waals surface area contributed by atoms with Crippen LogP contribution in [0.2, 0.25) is 0 Å². The van der Waals surface area contributed by atoms with Crippen LogP contribution in [0.25, 0.3) is 0 Å². The molecule has 0 radical (unpaired) electrons. The first-order valence-electron chi connectivity index (χ1n) is 9.25. The zero-order chi connectivity index (χ0) is 18.0. The summed E-state index contributed by atoms with van der Waals surface area (Å²) in [4.78, 5) is 17.1. The van der Waals surface area contributed by atoms with Crippen molar-refractivity contribution in [2.75, 3.05) is 25.0 Å². The molecule has 2 atom stereocenters. The number of carbonyl (C=O) groups excluding carboxylic acids is 1. The lowest BCUT2D eigenvalue weighted by Crippen LogP contribution is -2.45. The van der Waals surface area contributed by atoms with E-state index in [0.717, 1.165) is 25.9 Å². The van der Waals surface area contributed by atoms with E-state index < -0.39 is 5.82 Å². The van der Waals surface area contributed by atoms with Crippen LogP contribution in [0.4, 0.5) is 14.9 Å². The molecule has 3 rings (SSSR count). The van der Waals surface area contributed by atoms with Gasteiger partial charge in [-0.15, -0.1) is 0 Å². The maximum Gasteiger partial charge on any atom is 0.321 e. The molecule has 6 heteroatoms. The van der Waals surface area contributed by atoms with Crippen LogP contribution >= 0.6 is 0 Å². The van der Waals surface area contributed by atoms with Crippen LogP contribution in [0, 0.1) is 5.82 Å². The quantitative estimate of drug-likeness (QED) is 0.901. The Morgan fingerprint density at radius 2 is 2.08 bits per heavy atom. The Labute approximate surface area is 149 Å². The molecule has 1 aromatic carbocycles. The molecule has 2 aliphatic heterocycles. The van der Waals surface area contributed by atoms with Gasteiger partial charge in [-0.3, -0.25) is 4.90 Å². The number of rotatable bonds is 4. The van der Waals surface area contributed by atoms with Crippen LogP contribution in [0.15, 0.2) is 18.2 Å². The second kappa shape index (κ2) is 7.60. The molecular formula is C19H28FN3O2. The van der Waals surface area contributed by atoms with Crippen LogP contribution in [0.3, 0.4) is 0 Å². The normalized spacial score (nSPS) is 23.6. The number of amides is 2. The van der Waals surface area contributed by atoms with E-state index in [1.807, 2.05) is 11.8 Å². The zero-order valence-electron chi connectivity index (χ0n) is 15.3. The second-order valence-electron chi connectivity index (χ2n) is 7.17. The van der Waals surface area contributed by atoms with Gasteiger partial charge in [0.15, 0.2) is 11.6 Å². The van der Waals surface area contributed by atoms with Crippen molar-refractivity contribution >= 4 is 11.7 Å². The summed E-state index contributed by atoms with van der Waals surface area (Å²) in [7, 11) is 0. The van der Waals surface area contributed by atoms with E-state index in [-0.39, 0.29) is 11.8 Å². The van der Waals surface area contributed by atoms with Gasteiger partial charge in [0.2, 0.25) is 0 Å². The maximum absolute atomic E-state index is 14.0. The number of nitrogens with zero attached hydrogens (tertiary/aromatic N) is 2. The summed E-state index contributed by atoms with van der Waals surface area (Å²) >= 11 is 0. The number of benzene rings is 1. The summed E-state index contributed by atoms with van der Waals surface area (Å²) in [5, 5.41) is 2.83. The van der Waals surface area contributed by atoms with E-state index in [9.17, 15) is 9.18 Å². The highest BCUT2D eigenvalue weighted by molar-refractivity contribution is 5.89. The third-order valence-corrected chi connectivity index (χ3v) is 5.21. The molecule has 1 aromatic rings. The lowest BCUT2D eigenvalue weighted by molar-refractivity contribution is 0.149. The molecule has 2 fully saturated rings. The molecule has 2 aliphatic rings. The molecular weight excluding hydrogens is 321 g/mol. The number of anilines is 1. The molecule has 25 heavy (non-hydrogen) atoms. The number of hydrogen-bond acceptors (Lipinski definition) is 3. The lowest BCUT2D eigenvalue weighted by Gasteiger charge is -2.32. The van der Waals surface area contributed by atoms with Crippen molar-refractivity contribution in [2.45, 2.75) is 58.2 Å². The second-order valence-corrected chi connectivity index (χ2v) is 7.17. The first-order valence-corrected chi connectivity index (χ1v) is 9.25. The van der Waals surface area contributed by atoms with Crippen molar-refractivity contribution < 1.29 is 13.9 Å². The van der Waals surface area contributed by atoms with E-state index in [2.05, 4.69) is 24.1 Å². The minimum Gasteiger partial charge on any atom is -0.491 e. The van der Waals surface area contributed by atoms with E-state index in [1.54, 1.807) is 12.1 Å². The topological polar surface area (TPSA) is 44.8 Å². The summed E-state index contributed by atoms with van der Waals surface area (Å²) in [6, 6.07) is 5.89. The minimum absolute atomic E-state index is 0.153. The number of carbonyl (C=O) groups is 1. The van der Waals surface area contributed by atoms with Gasteiger partial charge in [0.1, 0.15) is 0 Å². The number of fused-ring (bicyclic) bond motifs is 2. The average molecular weight is 349 g/mol. The molecule has 0 saturated carbocycles. The summed E-state index contributed by atoms with van der Waals surface area (Å²) in [5.41, 5.74) is 0.459. The Morgan fingerprint density at radius 3 is 2.76 bits per heavy atom. The first-order chi connectivity index (χ1) is 12.0. The third kappa shape index (κ3) is 3.89. The Balaban J connectivity index is 1.65. The molecule has 2 saturated heterocycles. The molecule has 2 unspecified atom stereocenters. The highest BCUT2D eigenvalue weighted by Crippen LogP contribution is 2.32. The predicted octanol–water partition coefficient (Wildman–Crippen LogP) is 3.70. The van der Waals surface area contributed by atoms with Gasteiger partial charge in [-0.1, -0.05) is 0 Å². The SMILES string of the molecule is CCOc1ccc(NC(=O)N2CCC3CCC(C2)N3C(C)C)cc1F. The number of halogens is 1. The third-order valence-electron chi connectivity index (χ3n) is 5.21. The highest BCUT2D eigenvalue weighted by Gasteiger charge is 2.39. The first kappa shape index (κ1) is 18.0. The van der Waals surface area contributed by atoms with Crippen molar-refractivity contribution in [1.82, 2.24) is 9.80 Å². The van der Waals surface area contributed by atoms with Gasteiger partial charge in [-0.25, -0.2) is 9.18 Å². The van der Waals surface area contributed by atoms with Crippen LogP contribution in [-0.4, -0.2) is 53.7 Å². The van der Waals surface area contributed by atoms with Crippen molar-refractivity contribution in [3.05, 3.63) is 24.0 Å². The van der Waals surface area contributed by atoms with Gasteiger partial charge in [0.05, 0.1) is 6.61 Å². The highest BCUT2D eigenvalue weighted by atomic mass is 19.1. The fourth-order valence-corrected chi connectivity index (χ4v) is 4.19. The van der Waals surface area contributed by atoms with Crippen LogP contribution < -0.4 is 10.1 Å². The smallest absolute Gasteiger partial charge is 0.321 e. The van der Waals surface area contributed by atoms with E-state index in [1.165, 1.54) is 12.5 Å². The van der Waals surface area contributed by atoms with Crippen LogP contribution in [0.1, 0.15) is 40.0 Å². The number of hydrogen-bond donors (Lipinski definition) is 1. The Morgan fingerprint density at radius 1 is 1.32 bits per heavy atom. The number of nitrogens with one attached hydrogen (secondary N) is 1. The molecule has 0 aromatic heterocycles. The number of likely N-dealkylation sites (tertiary alicyclic amines) is 1. The Bertz CT molecular complexity index is 623. The summed E-state index contributed by atoms with van der Waals surface area (Å²) in [6.45, 7) is 8.15. The molecule has 138 valence electrons. The van der Waals surface area contributed by atoms with E-state index in [4.69, 9.17) is 4.74 Å². The van der Waals surface area contributed by atoms with Crippen molar-refractivity contribution in [3.63, 3.8) is 0 Å². The predicted molar refractivity (Wildman–Crippen MR) is 96.6 cm³/mol. The van der Waals surface area contributed by atoms with Crippen LogP contribution in [-0.2, 0) is 0 Å². The lowest BCUT2D eigenvalue weighted by atomic mass is 10.1. The molecule has 2 amide bonds. The summed E-state index contributed by atoms with van der Waals surface area (Å²) < 4.78 is 19.2. The monoisotopic (exact) mass is 349 g/mol. The number of ether oxygens (including phenoxy) is 1. The molecule has 5 nitrogen and oxygen atoms in total. The Hall–Kier alpha value is -1.82. The summed E-state index contributed by atoms with van der Waals surface area (Å²) in [5.74, 6) is -0.249. The Kier molecular flexibility index (Phi) is 5.47. The zero-order valence-corrected chi connectivity index (χ0v) is 15.3. The fourth-order valence-electron chi connectivity index (χ4n) is 4.19. The van der Waals surface area contributed by atoms with Crippen molar-refractivity contribution in [2.24, 2.45) is 0 Å². The molecule has 1 N–H and O–H groups in total. The van der Waals surface area contributed by atoms with Gasteiger partial charge in [-0.05, 0) is 52.2 Å². The van der Waals surface area contributed by atoms with Crippen LogP contribution in [0.5, 0.6) is 5.75 Å². The van der Waals surface area contributed by atoms with Gasteiger partial charge >= 0.3 is 6.03 Å². The molecule has 2 heterocycles. The molecule has 0 aliphatic carbocycles. The molecule has 2 bridgehead atoms. The van der Waals surface area contributed by atoms with Gasteiger partial charge in [0.25, 0.3) is 0 Å². The number of urea groups is 1.